The standard InChI is InChI=1S/C23H24N4O3/c1-29-20-9-5-8-19(14-20)26-10-12-27(13-11-26)23(28)21-15-22(25-17-24-21)30-16-18-6-3-2-4-7-18/h2-9,14-15,17H,10-13,16H2,1H3. The van der Waals surface area contributed by atoms with E-state index >= 15 is 0 Å². The normalized spacial score (nSPS) is 13.8. The van der Waals surface area contributed by atoms with E-state index in [2.05, 4.69) is 20.9 Å². The molecule has 7 nitrogen and oxygen atoms in total. The molecule has 30 heavy (non-hydrogen) atoms. The van der Waals surface area contributed by atoms with Crippen LogP contribution in [-0.2, 0) is 6.61 Å². The zero-order chi connectivity index (χ0) is 20.8. The Morgan fingerprint density at radius 1 is 0.967 bits per heavy atom. The second-order valence-corrected chi connectivity index (χ2v) is 7.00. The number of hydrogen-bond acceptors (Lipinski definition) is 6. The predicted molar refractivity (Wildman–Crippen MR) is 114 cm³/mol. The molecule has 1 aromatic heterocycles. The molecular formula is C23H24N4O3. The second kappa shape index (κ2) is 9.26. The van der Waals surface area contributed by atoms with Crippen molar-refractivity contribution in [2.75, 3.05) is 38.2 Å². The lowest BCUT2D eigenvalue weighted by atomic mass is 10.2. The van der Waals surface area contributed by atoms with Crippen molar-refractivity contribution in [2.45, 2.75) is 6.61 Å². The minimum Gasteiger partial charge on any atom is -0.497 e. The van der Waals surface area contributed by atoms with Crippen LogP contribution in [0.15, 0.2) is 67.0 Å². The fourth-order valence-corrected chi connectivity index (χ4v) is 3.40. The lowest BCUT2D eigenvalue weighted by molar-refractivity contribution is 0.0740. The molecule has 0 aliphatic carbocycles. The van der Waals surface area contributed by atoms with E-state index in [1.807, 2.05) is 53.4 Å². The van der Waals surface area contributed by atoms with Gasteiger partial charge < -0.3 is 19.3 Å². The van der Waals surface area contributed by atoms with Crippen LogP contribution in [0.25, 0.3) is 0 Å². The van der Waals surface area contributed by atoms with Gasteiger partial charge >= 0.3 is 0 Å². The molecule has 154 valence electrons. The number of carbonyl (C=O) groups is 1. The quantitative estimate of drug-likeness (QED) is 0.629. The highest BCUT2D eigenvalue weighted by Crippen LogP contribution is 2.22. The Labute approximate surface area is 175 Å². The van der Waals surface area contributed by atoms with Crippen molar-refractivity contribution in [3.63, 3.8) is 0 Å². The minimum atomic E-state index is -0.104. The molecule has 0 radical (unpaired) electrons. The van der Waals surface area contributed by atoms with Crippen LogP contribution in [0.4, 0.5) is 5.69 Å². The smallest absolute Gasteiger partial charge is 0.272 e. The largest absolute Gasteiger partial charge is 0.497 e. The first-order valence-electron chi connectivity index (χ1n) is 9.90. The summed E-state index contributed by atoms with van der Waals surface area (Å²) in [6.45, 7) is 3.15. The van der Waals surface area contributed by atoms with Gasteiger partial charge in [0.05, 0.1) is 7.11 Å². The number of amides is 1. The van der Waals surface area contributed by atoms with E-state index in [1.54, 1.807) is 13.2 Å². The van der Waals surface area contributed by atoms with E-state index < -0.39 is 0 Å². The van der Waals surface area contributed by atoms with Gasteiger partial charge in [0.1, 0.15) is 24.4 Å². The van der Waals surface area contributed by atoms with Gasteiger partial charge in [0.25, 0.3) is 5.91 Å². The van der Waals surface area contributed by atoms with Crippen LogP contribution in [0.2, 0.25) is 0 Å². The molecule has 3 aromatic rings. The van der Waals surface area contributed by atoms with Crippen LogP contribution in [0.3, 0.4) is 0 Å². The molecule has 0 N–H and O–H groups in total. The molecule has 1 aliphatic heterocycles. The van der Waals surface area contributed by atoms with Crippen molar-refractivity contribution in [1.82, 2.24) is 14.9 Å². The number of rotatable bonds is 6. The maximum absolute atomic E-state index is 12.9. The van der Waals surface area contributed by atoms with Crippen molar-refractivity contribution in [3.05, 3.63) is 78.2 Å². The lowest BCUT2D eigenvalue weighted by Gasteiger charge is -2.36. The highest BCUT2D eigenvalue weighted by Gasteiger charge is 2.24. The van der Waals surface area contributed by atoms with Crippen molar-refractivity contribution in [3.8, 4) is 11.6 Å². The summed E-state index contributed by atoms with van der Waals surface area (Å²) in [5.74, 6) is 1.12. The minimum absolute atomic E-state index is 0.104. The predicted octanol–water partition coefficient (Wildman–Crippen LogP) is 3.03. The number of methoxy groups -OCH3 is 1. The van der Waals surface area contributed by atoms with Gasteiger partial charge in [-0.1, -0.05) is 36.4 Å². The number of hydrogen-bond donors (Lipinski definition) is 0. The molecule has 0 bridgehead atoms. The fraction of sp³-hybridized carbons (Fsp3) is 0.261. The van der Waals surface area contributed by atoms with Gasteiger partial charge in [0.15, 0.2) is 0 Å². The van der Waals surface area contributed by atoms with E-state index in [4.69, 9.17) is 9.47 Å². The van der Waals surface area contributed by atoms with Crippen LogP contribution < -0.4 is 14.4 Å². The average molecular weight is 404 g/mol. The van der Waals surface area contributed by atoms with Crippen LogP contribution in [0.5, 0.6) is 11.6 Å². The van der Waals surface area contributed by atoms with Gasteiger partial charge in [-0.25, -0.2) is 9.97 Å². The molecule has 2 heterocycles. The van der Waals surface area contributed by atoms with Gasteiger partial charge in [-0.3, -0.25) is 4.79 Å². The van der Waals surface area contributed by atoms with Crippen molar-refractivity contribution in [1.29, 1.82) is 0 Å². The van der Waals surface area contributed by atoms with Crippen molar-refractivity contribution < 1.29 is 14.3 Å². The molecule has 4 rings (SSSR count). The Morgan fingerprint density at radius 3 is 2.53 bits per heavy atom. The molecule has 1 amide bonds. The molecule has 7 heteroatoms. The Hall–Kier alpha value is -3.61. The zero-order valence-electron chi connectivity index (χ0n) is 16.9. The number of anilines is 1. The molecular weight excluding hydrogens is 380 g/mol. The maximum Gasteiger partial charge on any atom is 0.272 e. The first-order valence-corrected chi connectivity index (χ1v) is 9.90. The monoisotopic (exact) mass is 404 g/mol. The molecule has 1 aliphatic rings. The first kappa shape index (κ1) is 19.7. The third-order valence-electron chi connectivity index (χ3n) is 5.08. The molecule has 1 fully saturated rings. The number of ether oxygens (including phenoxy) is 2. The number of benzene rings is 2. The first-order chi connectivity index (χ1) is 14.7. The summed E-state index contributed by atoms with van der Waals surface area (Å²) < 4.78 is 11.0. The average Bonchev–Trinajstić information content (AvgIpc) is 2.83. The number of piperazine rings is 1. The molecule has 1 saturated heterocycles. The molecule has 2 aromatic carbocycles. The molecule has 0 atom stereocenters. The van der Waals surface area contributed by atoms with Gasteiger partial charge in [-0.15, -0.1) is 0 Å². The van der Waals surface area contributed by atoms with Gasteiger partial charge in [0, 0.05) is 44.0 Å². The lowest BCUT2D eigenvalue weighted by Crippen LogP contribution is -2.49. The summed E-state index contributed by atoms with van der Waals surface area (Å²) in [5, 5.41) is 0. The number of aromatic nitrogens is 2. The summed E-state index contributed by atoms with van der Waals surface area (Å²) in [5.41, 5.74) is 2.49. The molecule has 0 unspecified atom stereocenters. The van der Waals surface area contributed by atoms with Crippen LogP contribution >= 0.6 is 0 Å². The van der Waals surface area contributed by atoms with Gasteiger partial charge in [0.2, 0.25) is 5.88 Å². The highest BCUT2D eigenvalue weighted by atomic mass is 16.5. The van der Waals surface area contributed by atoms with Gasteiger partial charge in [-0.2, -0.15) is 0 Å². The Bertz CT molecular complexity index is 989. The van der Waals surface area contributed by atoms with E-state index in [9.17, 15) is 4.79 Å². The summed E-state index contributed by atoms with van der Waals surface area (Å²) in [6, 6.07) is 19.4. The number of carbonyl (C=O) groups excluding carboxylic acids is 1. The van der Waals surface area contributed by atoms with E-state index in [-0.39, 0.29) is 5.91 Å². The topological polar surface area (TPSA) is 67.8 Å². The van der Waals surface area contributed by atoms with Crippen molar-refractivity contribution in [2.24, 2.45) is 0 Å². The Balaban J connectivity index is 1.36. The van der Waals surface area contributed by atoms with Crippen molar-refractivity contribution >= 4 is 11.6 Å². The molecule has 0 spiro atoms. The summed E-state index contributed by atoms with van der Waals surface area (Å²) >= 11 is 0. The summed E-state index contributed by atoms with van der Waals surface area (Å²) in [4.78, 5) is 25.3. The second-order valence-electron chi connectivity index (χ2n) is 7.00. The van der Waals surface area contributed by atoms with E-state index in [1.165, 1.54) is 6.33 Å². The van der Waals surface area contributed by atoms with E-state index in [0.29, 0.717) is 31.3 Å². The van der Waals surface area contributed by atoms with E-state index in [0.717, 1.165) is 30.1 Å². The Morgan fingerprint density at radius 2 is 1.77 bits per heavy atom. The third-order valence-corrected chi connectivity index (χ3v) is 5.08. The Kier molecular flexibility index (Phi) is 6.08. The van der Waals surface area contributed by atoms with Crippen LogP contribution in [0.1, 0.15) is 16.1 Å². The molecule has 0 saturated carbocycles. The van der Waals surface area contributed by atoms with Crippen LogP contribution in [0, 0.1) is 0 Å². The maximum atomic E-state index is 12.9. The zero-order valence-corrected chi connectivity index (χ0v) is 16.9. The van der Waals surface area contributed by atoms with Gasteiger partial charge in [-0.05, 0) is 17.7 Å². The summed E-state index contributed by atoms with van der Waals surface area (Å²) in [6.07, 6.45) is 1.38. The SMILES string of the molecule is COc1cccc(N2CCN(C(=O)c3cc(OCc4ccccc4)ncn3)CC2)c1. The number of nitrogens with zero attached hydrogens (tertiary/aromatic N) is 4. The third kappa shape index (κ3) is 4.68. The fourth-order valence-electron chi connectivity index (χ4n) is 3.40. The van der Waals surface area contributed by atoms with Crippen LogP contribution in [-0.4, -0.2) is 54.1 Å². The summed E-state index contributed by atoms with van der Waals surface area (Å²) in [7, 11) is 1.66. The highest BCUT2D eigenvalue weighted by molar-refractivity contribution is 5.92.